The minimum absolute atomic E-state index is 0.858. The van der Waals surface area contributed by atoms with E-state index in [4.69, 9.17) is 9.84 Å². The summed E-state index contributed by atoms with van der Waals surface area (Å²) in [5.74, 6) is 0.858. The zero-order valence-electron chi connectivity index (χ0n) is 19.5. The number of nitrogens with zero attached hydrogens (tertiary/aromatic N) is 3. The van der Waals surface area contributed by atoms with Crippen LogP contribution >= 0.6 is 0 Å². The zero-order chi connectivity index (χ0) is 22.9. The van der Waals surface area contributed by atoms with Gasteiger partial charge in [-0.25, -0.2) is 4.52 Å². The average molecular weight is 435 g/mol. The fourth-order valence-corrected chi connectivity index (χ4v) is 5.43. The smallest absolute Gasteiger partial charge is 0.119 e. The van der Waals surface area contributed by atoms with Crippen molar-refractivity contribution in [1.29, 1.82) is 0 Å². The third kappa shape index (κ3) is 2.75. The Morgan fingerprint density at radius 1 is 0.879 bits per heavy atom. The van der Waals surface area contributed by atoms with Crippen LogP contribution in [0, 0.1) is 27.7 Å². The summed E-state index contributed by atoms with van der Waals surface area (Å²) >= 11 is 0. The number of benzene rings is 2. The summed E-state index contributed by atoms with van der Waals surface area (Å²) in [5, 5.41) is 8.66. The van der Waals surface area contributed by atoms with Gasteiger partial charge in [0.2, 0.25) is 0 Å². The maximum absolute atomic E-state index is 5.35. The van der Waals surface area contributed by atoms with Crippen molar-refractivity contribution < 1.29 is 4.74 Å². The quantitative estimate of drug-likeness (QED) is 0.338. The van der Waals surface area contributed by atoms with Gasteiger partial charge in [0.25, 0.3) is 0 Å². The Hall–Kier alpha value is -3.99. The van der Waals surface area contributed by atoms with Crippen LogP contribution in [0.4, 0.5) is 0 Å². The Labute approximate surface area is 192 Å². The second-order valence-corrected chi connectivity index (χ2v) is 8.77. The van der Waals surface area contributed by atoms with Crippen LogP contribution in [-0.2, 0) is 0 Å². The largest absolute Gasteiger partial charge is 0.497 e. The average Bonchev–Trinajstić information content (AvgIpc) is 3.45. The van der Waals surface area contributed by atoms with Crippen molar-refractivity contribution in [3.05, 3.63) is 83.6 Å². The molecule has 0 atom stereocenters. The molecule has 1 N–H and O–H groups in total. The van der Waals surface area contributed by atoms with E-state index in [1.54, 1.807) is 7.11 Å². The number of para-hydroxylation sites is 1. The van der Waals surface area contributed by atoms with Gasteiger partial charge in [0, 0.05) is 61.8 Å². The molecule has 33 heavy (non-hydrogen) atoms. The lowest BCUT2D eigenvalue weighted by Crippen LogP contribution is -1.98. The first-order valence-corrected chi connectivity index (χ1v) is 11.2. The predicted octanol–water partition coefficient (Wildman–Crippen LogP) is 6.67. The molecular weight excluding hydrogens is 408 g/mol. The van der Waals surface area contributed by atoms with Gasteiger partial charge in [-0.3, -0.25) is 0 Å². The van der Waals surface area contributed by atoms with Crippen LogP contribution in [0.3, 0.4) is 0 Å². The Kier molecular flexibility index (Phi) is 4.18. The van der Waals surface area contributed by atoms with Crippen molar-refractivity contribution >= 4 is 27.2 Å². The van der Waals surface area contributed by atoms with Gasteiger partial charge in [0.1, 0.15) is 5.75 Å². The molecule has 0 aliphatic heterocycles. The van der Waals surface area contributed by atoms with E-state index in [0.717, 1.165) is 28.2 Å². The van der Waals surface area contributed by atoms with Gasteiger partial charge >= 0.3 is 0 Å². The van der Waals surface area contributed by atoms with Crippen LogP contribution in [0.5, 0.6) is 5.75 Å². The van der Waals surface area contributed by atoms with Crippen molar-refractivity contribution in [1.82, 2.24) is 19.2 Å². The number of H-pyrrole nitrogens is 1. The van der Waals surface area contributed by atoms with Gasteiger partial charge in [-0.2, -0.15) is 5.10 Å². The molecule has 0 radical (unpaired) electrons. The highest BCUT2D eigenvalue weighted by atomic mass is 16.5. The van der Waals surface area contributed by atoms with Crippen molar-refractivity contribution in [2.75, 3.05) is 7.11 Å². The lowest BCUT2D eigenvalue weighted by atomic mass is 10.0. The summed E-state index contributed by atoms with van der Waals surface area (Å²) < 4.78 is 9.72. The predicted molar refractivity (Wildman–Crippen MR) is 135 cm³/mol. The van der Waals surface area contributed by atoms with E-state index < -0.39 is 0 Å². The van der Waals surface area contributed by atoms with E-state index in [-0.39, 0.29) is 0 Å². The highest BCUT2D eigenvalue weighted by molar-refractivity contribution is 6.05. The second kappa shape index (κ2) is 7.01. The lowest BCUT2D eigenvalue weighted by Gasteiger charge is -2.10. The van der Waals surface area contributed by atoms with Crippen molar-refractivity contribution in [2.45, 2.75) is 27.7 Å². The summed E-state index contributed by atoms with van der Waals surface area (Å²) in [6.45, 7) is 8.62. The number of aromatic amines is 1. The van der Waals surface area contributed by atoms with Crippen molar-refractivity contribution in [2.24, 2.45) is 0 Å². The number of hydrogen-bond acceptors (Lipinski definition) is 2. The SMILES string of the molecule is COc1ccc(-n2c(C)c3c(C)nn4cc(-c5c(C)[nH]c6ccccc56)cc4c3c2C)cc1. The monoisotopic (exact) mass is 434 g/mol. The number of rotatable bonds is 3. The first-order chi connectivity index (χ1) is 16.0. The van der Waals surface area contributed by atoms with E-state index in [0.29, 0.717) is 0 Å². The number of aromatic nitrogens is 4. The van der Waals surface area contributed by atoms with Gasteiger partial charge in [0.05, 0.1) is 18.3 Å². The highest BCUT2D eigenvalue weighted by Crippen LogP contribution is 2.38. The maximum Gasteiger partial charge on any atom is 0.119 e. The minimum atomic E-state index is 0.858. The number of nitrogens with one attached hydrogen (secondary N) is 1. The summed E-state index contributed by atoms with van der Waals surface area (Å²) in [6.07, 6.45) is 2.16. The Morgan fingerprint density at radius 2 is 1.61 bits per heavy atom. The molecule has 0 unspecified atom stereocenters. The van der Waals surface area contributed by atoms with Crippen LogP contribution in [0.1, 0.15) is 22.8 Å². The fourth-order valence-electron chi connectivity index (χ4n) is 5.43. The molecule has 6 rings (SSSR count). The molecule has 2 aromatic carbocycles. The molecule has 0 fully saturated rings. The van der Waals surface area contributed by atoms with Crippen LogP contribution in [0.25, 0.3) is 44.0 Å². The van der Waals surface area contributed by atoms with Crippen molar-refractivity contribution in [3.8, 4) is 22.6 Å². The number of aryl methyl sites for hydroxylation is 4. The Bertz CT molecular complexity index is 1680. The molecular formula is C28H26N4O. The number of ether oxygens (including phenoxy) is 1. The fraction of sp³-hybridized carbons (Fsp3) is 0.179. The molecule has 5 heteroatoms. The summed E-state index contributed by atoms with van der Waals surface area (Å²) in [7, 11) is 1.70. The van der Waals surface area contributed by atoms with Gasteiger partial charge in [-0.1, -0.05) is 18.2 Å². The molecule has 0 bridgehead atoms. The van der Waals surface area contributed by atoms with Crippen LogP contribution in [0.2, 0.25) is 0 Å². The number of fused-ring (bicyclic) bond motifs is 4. The zero-order valence-corrected chi connectivity index (χ0v) is 19.5. The molecule has 5 nitrogen and oxygen atoms in total. The van der Waals surface area contributed by atoms with E-state index in [1.807, 2.05) is 16.6 Å². The molecule has 0 aliphatic carbocycles. The van der Waals surface area contributed by atoms with E-state index in [2.05, 4.69) is 85.9 Å². The lowest BCUT2D eigenvalue weighted by molar-refractivity contribution is 0.414. The van der Waals surface area contributed by atoms with Crippen LogP contribution < -0.4 is 4.74 Å². The molecule has 0 aliphatic rings. The number of hydrogen-bond donors (Lipinski definition) is 1. The molecule has 0 saturated carbocycles. The first-order valence-electron chi connectivity index (χ1n) is 11.2. The highest BCUT2D eigenvalue weighted by Gasteiger charge is 2.20. The van der Waals surface area contributed by atoms with Gasteiger partial charge in [-0.15, -0.1) is 0 Å². The van der Waals surface area contributed by atoms with Crippen LogP contribution in [-0.4, -0.2) is 26.3 Å². The van der Waals surface area contributed by atoms with E-state index >= 15 is 0 Å². The normalized spacial score (nSPS) is 11.8. The standard InChI is InChI=1S/C28H26N4O/c1-16-27(23-8-6-7-9-24(23)29-16)20-14-25-28-19(4)32(21-10-12-22(33-5)13-11-21)18(3)26(28)17(2)30-31(25)15-20/h6-15,29H,1-5H3. The molecule has 0 spiro atoms. The first kappa shape index (κ1) is 19.7. The topological polar surface area (TPSA) is 47.2 Å². The molecule has 164 valence electrons. The second-order valence-electron chi connectivity index (χ2n) is 8.77. The molecule has 4 aromatic heterocycles. The molecule has 6 aromatic rings. The van der Waals surface area contributed by atoms with Gasteiger partial charge in [0.15, 0.2) is 0 Å². The maximum atomic E-state index is 5.35. The summed E-state index contributed by atoms with van der Waals surface area (Å²) in [5.41, 5.74) is 10.4. The summed E-state index contributed by atoms with van der Waals surface area (Å²) in [4.78, 5) is 3.53. The van der Waals surface area contributed by atoms with Gasteiger partial charge in [-0.05, 0) is 64.1 Å². The summed E-state index contributed by atoms with van der Waals surface area (Å²) in [6, 6.07) is 19.0. The van der Waals surface area contributed by atoms with Crippen LogP contribution in [0.15, 0.2) is 60.8 Å². The van der Waals surface area contributed by atoms with E-state index in [9.17, 15) is 0 Å². The minimum Gasteiger partial charge on any atom is -0.497 e. The molecule has 4 heterocycles. The van der Waals surface area contributed by atoms with Crippen molar-refractivity contribution in [3.63, 3.8) is 0 Å². The van der Waals surface area contributed by atoms with Gasteiger partial charge < -0.3 is 14.3 Å². The number of methoxy groups -OCH3 is 1. The Balaban J connectivity index is 1.64. The van der Waals surface area contributed by atoms with E-state index in [1.165, 1.54) is 44.4 Å². The molecule has 0 amide bonds. The third-order valence-electron chi connectivity index (χ3n) is 6.83. The Morgan fingerprint density at radius 3 is 2.36 bits per heavy atom. The third-order valence-corrected chi connectivity index (χ3v) is 6.83. The molecule has 0 saturated heterocycles.